The van der Waals surface area contributed by atoms with Crippen molar-refractivity contribution in [2.24, 2.45) is 5.41 Å². The number of nitrogens with one attached hydrogen (secondary N) is 1. The first-order valence-electron chi connectivity index (χ1n) is 7.42. The van der Waals surface area contributed by atoms with Crippen molar-refractivity contribution in [3.05, 3.63) is 0 Å². The van der Waals surface area contributed by atoms with Crippen molar-refractivity contribution in [1.82, 2.24) is 15.1 Å². The van der Waals surface area contributed by atoms with Gasteiger partial charge in [0.15, 0.2) is 0 Å². The predicted octanol–water partition coefficient (Wildman–Crippen LogP) is 1.34. The number of rotatable bonds is 9. The largest absolute Gasteiger partial charge is 0.355 e. The maximum Gasteiger partial charge on any atom is 0.237 e. The zero-order valence-corrected chi connectivity index (χ0v) is 14.0. The van der Waals surface area contributed by atoms with Crippen LogP contribution in [-0.2, 0) is 9.59 Å². The molecule has 0 unspecified atom stereocenters. The maximum absolute atomic E-state index is 12.3. The van der Waals surface area contributed by atoms with Crippen molar-refractivity contribution >= 4 is 11.8 Å². The number of carbonyl (C=O) groups is 2. The highest BCUT2D eigenvalue weighted by molar-refractivity contribution is 6.04. The summed E-state index contributed by atoms with van der Waals surface area (Å²) >= 11 is 0. The minimum absolute atomic E-state index is 0.115. The van der Waals surface area contributed by atoms with E-state index in [1.54, 1.807) is 25.8 Å². The van der Waals surface area contributed by atoms with Crippen molar-refractivity contribution in [1.29, 1.82) is 0 Å². The topological polar surface area (TPSA) is 52.7 Å². The molecule has 0 aromatic heterocycles. The van der Waals surface area contributed by atoms with Crippen molar-refractivity contribution in [2.45, 2.75) is 40.0 Å². The number of nitrogens with zero attached hydrogens (tertiary/aromatic N) is 2. The minimum atomic E-state index is -0.999. The van der Waals surface area contributed by atoms with Crippen LogP contribution >= 0.6 is 0 Å². The van der Waals surface area contributed by atoms with Gasteiger partial charge in [0, 0.05) is 20.1 Å². The maximum atomic E-state index is 12.3. The van der Waals surface area contributed by atoms with E-state index in [9.17, 15) is 9.59 Å². The Bertz CT molecular complexity index is 314. The summed E-state index contributed by atoms with van der Waals surface area (Å²) in [7, 11) is 5.76. The number of amides is 2. The highest BCUT2D eigenvalue weighted by Gasteiger charge is 2.37. The van der Waals surface area contributed by atoms with Crippen LogP contribution < -0.4 is 5.32 Å². The lowest BCUT2D eigenvalue weighted by molar-refractivity contribution is -0.147. The molecule has 118 valence electrons. The Kier molecular flexibility index (Phi) is 8.46. The molecule has 0 bridgehead atoms. The zero-order chi connectivity index (χ0) is 15.8. The molecule has 0 atom stereocenters. The Morgan fingerprint density at radius 2 is 1.65 bits per heavy atom. The van der Waals surface area contributed by atoms with Crippen molar-refractivity contribution in [3.63, 3.8) is 0 Å². The molecule has 0 saturated heterocycles. The summed E-state index contributed by atoms with van der Waals surface area (Å²) in [6.45, 7) is 7.70. The SMILES string of the molecule is CCCCN(C)C(=O)C(C)(C)C(=O)NCCCN(C)C. The van der Waals surface area contributed by atoms with E-state index in [0.717, 1.165) is 25.8 Å². The van der Waals surface area contributed by atoms with Gasteiger partial charge in [0.25, 0.3) is 0 Å². The van der Waals surface area contributed by atoms with E-state index in [4.69, 9.17) is 0 Å². The monoisotopic (exact) mass is 285 g/mol. The molecule has 0 spiro atoms. The van der Waals surface area contributed by atoms with Crippen LogP contribution in [0.4, 0.5) is 0 Å². The number of unbranched alkanes of at least 4 members (excludes halogenated alkanes) is 1. The lowest BCUT2D eigenvalue weighted by Crippen LogP contribution is -2.49. The van der Waals surface area contributed by atoms with E-state index in [2.05, 4.69) is 17.1 Å². The van der Waals surface area contributed by atoms with Crippen LogP contribution in [0.5, 0.6) is 0 Å². The molecular formula is C15H31N3O2. The van der Waals surface area contributed by atoms with Crippen molar-refractivity contribution in [3.8, 4) is 0 Å². The van der Waals surface area contributed by atoms with Crippen LogP contribution in [-0.4, -0.2) is 62.4 Å². The van der Waals surface area contributed by atoms with Gasteiger partial charge in [0.05, 0.1) is 0 Å². The summed E-state index contributed by atoms with van der Waals surface area (Å²) < 4.78 is 0. The summed E-state index contributed by atoms with van der Waals surface area (Å²) in [6.07, 6.45) is 2.88. The van der Waals surface area contributed by atoms with Crippen LogP contribution in [0.3, 0.4) is 0 Å². The molecule has 0 aliphatic heterocycles. The molecule has 0 aromatic carbocycles. The van der Waals surface area contributed by atoms with Gasteiger partial charge in [-0.3, -0.25) is 9.59 Å². The van der Waals surface area contributed by atoms with Crippen molar-refractivity contribution in [2.75, 3.05) is 40.8 Å². The fourth-order valence-electron chi connectivity index (χ4n) is 1.89. The van der Waals surface area contributed by atoms with Crippen molar-refractivity contribution < 1.29 is 9.59 Å². The summed E-state index contributed by atoms with van der Waals surface area (Å²) in [4.78, 5) is 28.2. The number of hydrogen-bond donors (Lipinski definition) is 1. The van der Waals surface area contributed by atoms with E-state index >= 15 is 0 Å². The van der Waals surface area contributed by atoms with Gasteiger partial charge in [-0.05, 0) is 47.3 Å². The second kappa shape index (κ2) is 8.95. The van der Waals surface area contributed by atoms with Gasteiger partial charge in [-0.1, -0.05) is 13.3 Å². The van der Waals surface area contributed by atoms with Crippen LogP contribution in [0.2, 0.25) is 0 Å². The fraction of sp³-hybridized carbons (Fsp3) is 0.867. The molecule has 0 aliphatic rings. The third-order valence-corrected chi connectivity index (χ3v) is 3.36. The first-order chi connectivity index (χ1) is 9.23. The predicted molar refractivity (Wildman–Crippen MR) is 82.5 cm³/mol. The molecule has 0 radical (unpaired) electrons. The van der Waals surface area contributed by atoms with E-state index in [1.165, 1.54) is 0 Å². The van der Waals surface area contributed by atoms with Crippen LogP contribution in [0, 0.1) is 5.41 Å². The number of hydrogen-bond acceptors (Lipinski definition) is 3. The molecule has 0 heterocycles. The van der Waals surface area contributed by atoms with Gasteiger partial charge in [0.2, 0.25) is 11.8 Å². The third kappa shape index (κ3) is 6.37. The van der Waals surface area contributed by atoms with E-state index in [0.29, 0.717) is 13.1 Å². The highest BCUT2D eigenvalue weighted by Crippen LogP contribution is 2.18. The molecule has 0 rings (SSSR count). The van der Waals surface area contributed by atoms with Gasteiger partial charge in [-0.25, -0.2) is 0 Å². The van der Waals surface area contributed by atoms with Gasteiger partial charge >= 0.3 is 0 Å². The van der Waals surface area contributed by atoms with Gasteiger partial charge in [-0.15, -0.1) is 0 Å². The van der Waals surface area contributed by atoms with Crippen LogP contribution in [0.1, 0.15) is 40.0 Å². The minimum Gasteiger partial charge on any atom is -0.355 e. The second-order valence-corrected chi connectivity index (χ2v) is 6.12. The molecule has 0 aromatic rings. The number of carbonyl (C=O) groups excluding carboxylic acids is 2. The Balaban J connectivity index is 4.31. The fourth-order valence-corrected chi connectivity index (χ4v) is 1.89. The van der Waals surface area contributed by atoms with Gasteiger partial charge < -0.3 is 15.1 Å². The van der Waals surface area contributed by atoms with Gasteiger partial charge in [0.1, 0.15) is 5.41 Å². The zero-order valence-electron chi connectivity index (χ0n) is 14.0. The lowest BCUT2D eigenvalue weighted by Gasteiger charge is -2.28. The Hall–Kier alpha value is -1.10. The summed E-state index contributed by atoms with van der Waals surface area (Å²) in [5.74, 6) is -0.305. The smallest absolute Gasteiger partial charge is 0.237 e. The summed E-state index contributed by atoms with van der Waals surface area (Å²) in [6, 6.07) is 0. The van der Waals surface area contributed by atoms with E-state index < -0.39 is 5.41 Å². The highest BCUT2D eigenvalue weighted by atomic mass is 16.2. The van der Waals surface area contributed by atoms with Crippen LogP contribution in [0.15, 0.2) is 0 Å². The third-order valence-electron chi connectivity index (χ3n) is 3.36. The average Bonchev–Trinajstić information content (AvgIpc) is 2.39. The molecule has 0 aliphatic carbocycles. The molecular weight excluding hydrogens is 254 g/mol. The first-order valence-corrected chi connectivity index (χ1v) is 7.42. The molecule has 20 heavy (non-hydrogen) atoms. The average molecular weight is 285 g/mol. The lowest BCUT2D eigenvalue weighted by atomic mass is 9.90. The molecule has 2 amide bonds. The Labute approximate surface area is 123 Å². The Morgan fingerprint density at radius 1 is 1.05 bits per heavy atom. The molecule has 5 heteroatoms. The standard InChI is InChI=1S/C15H31N3O2/c1-7-8-12-18(6)14(20)15(2,3)13(19)16-10-9-11-17(4)5/h7-12H2,1-6H3,(H,16,19). The Morgan fingerprint density at radius 3 is 2.15 bits per heavy atom. The molecule has 5 nitrogen and oxygen atoms in total. The van der Waals surface area contributed by atoms with E-state index in [1.807, 2.05) is 14.1 Å². The molecule has 1 N–H and O–H groups in total. The van der Waals surface area contributed by atoms with Gasteiger partial charge in [-0.2, -0.15) is 0 Å². The molecule has 0 saturated carbocycles. The van der Waals surface area contributed by atoms with E-state index in [-0.39, 0.29) is 11.8 Å². The normalized spacial score (nSPS) is 11.6. The van der Waals surface area contributed by atoms with Crippen LogP contribution in [0.25, 0.3) is 0 Å². The summed E-state index contributed by atoms with van der Waals surface area (Å²) in [5, 5.41) is 2.86. The second-order valence-electron chi connectivity index (χ2n) is 6.12. The quantitative estimate of drug-likeness (QED) is 0.514. The summed E-state index contributed by atoms with van der Waals surface area (Å²) in [5.41, 5.74) is -0.999. The first kappa shape index (κ1) is 18.9. The molecule has 0 fully saturated rings.